The molecule has 0 saturated carbocycles. The van der Waals surface area contributed by atoms with Crippen molar-refractivity contribution in [2.45, 2.75) is 135 Å². The molecule has 0 aromatic carbocycles. The Balaban J connectivity index is 3.85. The van der Waals surface area contributed by atoms with Crippen LogP contribution in [0.15, 0.2) is 0 Å². The highest BCUT2D eigenvalue weighted by Crippen LogP contribution is 2.16. The lowest BCUT2D eigenvalue weighted by Crippen LogP contribution is -2.44. The maximum Gasteiger partial charge on any atom is 0.495 e. The topological polar surface area (TPSA) is 118 Å². The van der Waals surface area contributed by atoms with E-state index < -0.39 is 8.80 Å². The van der Waals surface area contributed by atoms with E-state index in [2.05, 4.69) is 21.0 Å². The summed E-state index contributed by atoms with van der Waals surface area (Å²) in [5.41, 5.74) is 0. The molecule has 0 aromatic heterocycles. The fourth-order valence-electron chi connectivity index (χ4n) is 5.30. The Bertz CT molecular complexity index is 571. The smallest absolute Gasteiger partial charge is 0.394 e. The minimum absolute atomic E-state index is 0.0355. The predicted molar refractivity (Wildman–Crippen MR) is 177 cm³/mol. The van der Waals surface area contributed by atoms with Crippen LogP contribution >= 0.6 is 0 Å². The first-order valence-electron chi connectivity index (χ1n) is 17.7. The molecule has 0 radical (unpaired) electrons. The van der Waals surface area contributed by atoms with E-state index in [4.69, 9.17) is 28.8 Å². The third-order valence-electron chi connectivity index (χ3n) is 8.01. The summed E-state index contributed by atoms with van der Waals surface area (Å²) in [6.07, 6.45) is 22.9. The number of unbranched alkanes of at least 4 members (excludes halogenated alkanes) is 15. The van der Waals surface area contributed by atoms with Crippen LogP contribution in [-0.4, -0.2) is 119 Å². The van der Waals surface area contributed by atoms with Crippen molar-refractivity contribution in [2.24, 2.45) is 0 Å². The van der Waals surface area contributed by atoms with Gasteiger partial charge in [0.15, 0.2) is 0 Å². The standard InChI is InChI=1S/C33H72NO8Si/c1-4-5-6-7-8-9-10-11-12-13-14-15-16-17-18-19-22-34(2,3)23-20-31-43(37,38)42-26-21-33(32-40-28-25-36)41-30-29-39-27-24-35/h33,35-38H,4-32H2,1-3H3/q+1. The van der Waals surface area contributed by atoms with Crippen LogP contribution in [0.2, 0.25) is 6.04 Å². The summed E-state index contributed by atoms with van der Waals surface area (Å²) >= 11 is 0. The molecule has 0 amide bonds. The zero-order valence-corrected chi connectivity index (χ0v) is 29.5. The quantitative estimate of drug-likeness (QED) is 0.0412. The van der Waals surface area contributed by atoms with Gasteiger partial charge in [-0.1, -0.05) is 96.8 Å². The van der Waals surface area contributed by atoms with Gasteiger partial charge in [-0.25, -0.2) is 0 Å². The molecule has 4 N–H and O–H groups in total. The number of aliphatic hydroxyl groups is 2. The highest BCUT2D eigenvalue weighted by Gasteiger charge is 2.33. The molecule has 0 spiro atoms. The van der Waals surface area contributed by atoms with Crippen molar-refractivity contribution in [1.29, 1.82) is 0 Å². The van der Waals surface area contributed by atoms with Crippen LogP contribution < -0.4 is 0 Å². The number of hydrogen-bond donors (Lipinski definition) is 4. The average molecular weight is 639 g/mol. The molecular weight excluding hydrogens is 566 g/mol. The summed E-state index contributed by atoms with van der Waals surface area (Å²) in [4.78, 5) is 20.9. The lowest BCUT2D eigenvalue weighted by Gasteiger charge is -2.30. The fraction of sp³-hybridized carbons (Fsp3) is 1.00. The molecule has 0 aliphatic heterocycles. The molecule has 0 fully saturated rings. The lowest BCUT2D eigenvalue weighted by molar-refractivity contribution is -0.890. The Hall–Kier alpha value is -0.143. The molecule has 9 nitrogen and oxygen atoms in total. The predicted octanol–water partition coefficient (Wildman–Crippen LogP) is 5.45. The summed E-state index contributed by atoms with van der Waals surface area (Å²) in [5, 5.41) is 17.7. The SMILES string of the molecule is CCCCCCCCCCCCCCCCCC[N+](C)(C)CCC[Si](O)(O)OCCC(COCCO)OCCOCCO. The normalized spacial score (nSPS) is 13.2. The van der Waals surface area contributed by atoms with Gasteiger partial charge in [-0.05, 0) is 19.3 Å². The molecule has 10 heteroatoms. The first kappa shape index (κ1) is 42.9. The summed E-state index contributed by atoms with van der Waals surface area (Å²) in [6.45, 7) is 5.79. The van der Waals surface area contributed by atoms with Gasteiger partial charge in [0.1, 0.15) is 0 Å². The van der Waals surface area contributed by atoms with E-state index in [1.54, 1.807) is 0 Å². The number of rotatable bonds is 35. The maximum atomic E-state index is 10.5. The monoisotopic (exact) mass is 639 g/mol. The van der Waals surface area contributed by atoms with Crippen molar-refractivity contribution in [1.82, 2.24) is 0 Å². The molecule has 0 aliphatic rings. The number of aliphatic hydroxyl groups excluding tert-OH is 2. The number of nitrogens with zero attached hydrogens (tertiary/aromatic N) is 1. The van der Waals surface area contributed by atoms with Gasteiger partial charge in [0.25, 0.3) is 0 Å². The van der Waals surface area contributed by atoms with Gasteiger partial charge in [-0.3, -0.25) is 0 Å². The lowest BCUT2D eigenvalue weighted by atomic mass is 10.0. The van der Waals surface area contributed by atoms with Crippen molar-refractivity contribution in [3.8, 4) is 0 Å². The van der Waals surface area contributed by atoms with Crippen molar-refractivity contribution in [3.63, 3.8) is 0 Å². The molecule has 0 rings (SSSR count). The van der Waals surface area contributed by atoms with Gasteiger partial charge in [-0.2, -0.15) is 0 Å². The van der Waals surface area contributed by atoms with Crippen LogP contribution in [0.4, 0.5) is 0 Å². The third kappa shape index (κ3) is 31.6. The van der Waals surface area contributed by atoms with Gasteiger partial charge in [0.05, 0.1) is 79.5 Å². The minimum atomic E-state index is -3.73. The zero-order valence-electron chi connectivity index (χ0n) is 28.5. The van der Waals surface area contributed by atoms with E-state index in [1.165, 1.54) is 103 Å². The van der Waals surface area contributed by atoms with Crippen molar-refractivity contribution >= 4 is 8.80 Å². The molecule has 0 aliphatic carbocycles. The Morgan fingerprint density at radius 1 is 0.581 bits per heavy atom. The number of hydrogen-bond acceptors (Lipinski definition) is 8. The van der Waals surface area contributed by atoms with Gasteiger partial charge < -0.3 is 42.9 Å². The van der Waals surface area contributed by atoms with E-state index in [0.29, 0.717) is 26.1 Å². The summed E-state index contributed by atoms with van der Waals surface area (Å²) in [5.74, 6) is 0. The van der Waals surface area contributed by atoms with Crippen LogP contribution in [0.3, 0.4) is 0 Å². The molecule has 0 aromatic rings. The molecule has 43 heavy (non-hydrogen) atoms. The second-order valence-electron chi connectivity index (χ2n) is 12.8. The van der Waals surface area contributed by atoms with Gasteiger partial charge >= 0.3 is 8.80 Å². The highest BCUT2D eigenvalue weighted by atomic mass is 28.4. The van der Waals surface area contributed by atoms with Crippen LogP contribution in [0, 0.1) is 0 Å². The van der Waals surface area contributed by atoms with Crippen molar-refractivity contribution in [3.05, 3.63) is 0 Å². The Morgan fingerprint density at radius 2 is 1.07 bits per heavy atom. The Kier molecular flexibility index (Phi) is 30.4. The average Bonchev–Trinajstić information content (AvgIpc) is 2.96. The van der Waals surface area contributed by atoms with E-state index in [1.807, 2.05) is 0 Å². The summed E-state index contributed by atoms with van der Waals surface area (Å²) < 4.78 is 22.7. The van der Waals surface area contributed by atoms with Crippen LogP contribution in [0.1, 0.15) is 122 Å². The second kappa shape index (κ2) is 30.5. The Morgan fingerprint density at radius 3 is 1.60 bits per heavy atom. The molecular formula is C33H72NO8Si+. The van der Waals surface area contributed by atoms with Crippen LogP contribution in [0.25, 0.3) is 0 Å². The van der Waals surface area contributed by atoms with Crippen molar-refractivity contribution < 1.29 is 42.9 Å². The molecule has 0 saturated heterocycles. The molecule has 1 unspecified atom stereocenters. The molecule has 260 valence electrons. The third-order valence-corrected chi connectivity index (χ3v) is 9.68. The first-order valence-corrected chi connectivity index (χ1v) is 19.7. The number of quaternary nitrogens is 1. The van der Waals surface area contributed by atoms with Gasteiger partial charge in [-0.15, -0.1) is 0 Å². The summed E-state index contributed by atoms with van der Waals surface area (Å²) in [6, 6.07) is 0.287. The second-order valence-corrected chi connectivity index (χ2v) is 15.1. The van der Waals surface area contributed by atoms with Crippen LogP contribution in [-0.2, 0) is 18.6 Å². The van der Waals surface area contributed by atoms with Crippen LogP contribution in [0.5, 0.6) is 0 Å². The first-order chi connectivity index (χ1) is 20.8. The molecule has 0 bridgehead atoms. The summed E-state index contributed by atoms with van der Waals surface area (Å²) in [7, 11) is 0.717. The van der Waals surface area contributed by atoms with E-state index in [0.717, 1.165) is 17.6 Å². The highest BCUT2D eigenvalue weighted by molar-refractivity contribution is 6.57. The minimum Gasteiger partial charge on any atom is -0.394 e. The maximum absolute atomic E-state index is 10.5. The number of ether oxygens (including phenoxy) is 3. The van der Waals surface area contributed by atoms with E-state index in [9.17, 15) is 9.59 Å². The van der Waals surface area contributed by atoms with Crippen molar-refractivity contribution in [2.75, 3.05) is 80.0 Å². The fourth-order valence-corrected chi connectivity index (χ4v) is 6.51. The van der Waals surface area contributed by atoms with Gasteiger partial charge in [0, 0.05) is 19.1 Å². The van der Waals surface area contributed by atoms with E-state index >= 15 is 0 Å². The molecule has 1 atom stereocenters. The Labute approximate surface area is 266 Å². The van der Waals surface area contributed by atoms with Gasteiger partial charge in [0.2, 0.25) is 0 Å². The largest absolute Gasteiger partial charge is 0.495 e. The zero-order chi connectivity index (χ0) is 31.9. The molecule has 0 heterocycles. The van der Waals surface area contributed by atoms with E-state index in [-0.39, 0.29) is 51.8 Å².